The monoisotopic (exact) mass is 246 g/mol. The van der Waals surface area contributed by atoms with E-state index in [2.05, 4.69) is 0 Å². The van der Waals surface area contributed by atoms with Gasteiger partial charge in [-0.25, -0.2) is 0 Å². The summed E-state index contributed by atoms with van der Waals surface area (Å²) < 4.78 is 0. The van der Waals surface area contributed by atoms with Crippen molar-refractivity contribution < 1.29 is 20.4 Å². The molecule has 0 aliphatic carbocycles. The van der Waals surface area contributed by atoms with E-state index < -0.39 is 0 Å². The zero-order chi connectivity index (χ0) is 13.1. The Morgan fingerprint density at radius 3 is 2.22 bits per heavy atom. The van der Waals surface area contributed by atoms with Crippen LogP contribution in [0.15, 0.2) is 36.4 Å². The summed E-state index contributed by atoms with van der Waals surface area (Å²) in [5.74, 6) is 0.0219. The Morgan fingerprint density at radius 1 is 0.833 bits per heavy atom. The van der Waals surface area contributed by atoms with Crippen LogP contribution in [0.1, 0.15) is 11.1 Å². The van der Waals surface area contributed by atoms with Gasteiger partial charge in [-0.3, -0.25) is 0 Å². The molecule has 0 fully saturated rings. The minimum atomic E-state index is -0.278. The molecule has 0 bridgehead atoms. The van der Waals surface area contributed by atoms with E-state index in [0.29, 0.717) is 22.3 Å². The molecule has 4 heteroatoms. The largest absolute Gasteiger partial charge is 0.508 e. The third-order valence-electron chi connectivity index (χ3n) is 2.85. The van der Waals surface area contributed by atoms with E-state index in [1.807, 2.05) is 0 Å². The lowest BCUT2D eigenvalue weighted by molar-refractivity contribution is 0.275. The molecule has 2 rings (SSSR count). The maximum atomic E-state index is 9.99. The van der Waals surface area contributed by atoms with Gasteiger partial charge in [-0.2, -0.15) is 0 Å². The molecule has 0 aliphatic heterocycles. The molecule has 0 amide bonds. The highest BCUT2D eigenvalue weighted by molar-refractivity contribution is 5.73. The van der Waals surface area contributed by atoms with Gasteiger partial charge in [-0.15, -0.1) is 0 Å². The Bertz CT molecular complexity index is 564. The first kappa shape index (κ1) is 12.4. The quantitative estimate of drug-likeness (QED) is 0.665. The Morgan fingerprint density at radius 2 is 1.56 bits per heavy atom. The van der Waals surface area contributed by atoms with Crippen LogP contribution in [0.3, 0.4) is 0 Å². The average Bonchev–Trinajstić information content (AvgIpc) is 2.40. The van der Waals surface area contributed by atoms with Gasteiger partial charge in [0.2, 0.25) is 0 Å². The molecule has 0 saturated heterocycles. The zero-order valence-corrected chi connectivity index (χ0v) is 9.67. The van der Waals surface area contributed by atoms with Crippen LogP contribution < -0.4 is 0 Å². The predicted octanol–water partition coefficient (Wildman–Crippen LogP) is 1.75. The van der Waals surface area contributed by atoms with Crippen molar-refractivity contribution in [2.24, 2.45) is 0 Å². The highest BCUT2D eigenvalue weighted by atomic mass is 16.3. The summed E-state index contributed by atoms with van der Waals surface area (Å²) in [6.07, 6.45) is 0. The van der Waals surface area contributed by atoms with E-state index in [1.54, 1.807) is 30.3 Å². The normalized spacial score (nSPS) is 10.6. The predicted molar refractivity (Wildman–Crippen MR) is 67.1 cm³/mol. The average molecular weight is 246 g/mol. The van der Waals surface area contributed by atoms with Gasteiger partial charge in [-0.1, -0.05) is 24.3 Å². The van der Waals surface area contributed by atoms with Gasteiger partial charge in [0, 0.05) is 16.7 Å². The molecule has 0 spiro atoms. The Hall–Kier alpha value is -2.04. The molecule has 4 nitrogen and oxygen atoms in total. The molecule has 0 aliphatic rings. The number of rotatable bonds is 3. The van der Waals surface area contributed by atoms with E-state index in [4.69, 9.17) is 10.2 Å². The van der Waals surface area contributed by atoms with Crippen LogP contribution in [0, 0.1) is 0 Å². The molecule has 0 unspecified atom stereocenters. The lowest BCUT2D eigenvalue weighted by Gasteiger charge is -2.10. The second-order valence-corrected chi connectivity index (χ2v) is 3.97. The summed E-state index contributed by atoms with van der Waals surface area (Å²) >= 11 is 0. The number of para-hydroxylation sites is 1. The molecule has 4 N–H and O–H groups in total. The first-order chi connectivity index (χ1) is 8.67. The molecule has 18 heavy (non-hydrogen) atoms. The maximum absolute atomic E-state index is 9.99. The zero-order valence-electron chi connectivity index (χ0n) is 9.67. The molecular weight excluding hydrogens is 232 g/mol. The highest BCUT2D eigenvalue weighted by Gasteiger charge is 2.10. The van der Waals surface area contributed by atoms with E-state index in [1.165, 1.54) is 6.07 Å². The second kappa shape index (κ2) is 5.08. The lowest BCUT2D eigenvalue weighted by Crippen LogP contribution is -1.89. The number of phenols is 2. The molecule has 2 aromatic carbocycles. The maximum Gasteiger partial charge on any atom is 0.128 e. The number of hydrogen-bond acceptors (Lipinski definition) is 4. The smallest absolute Gasteiger partial charge is 0.128 e. The standard InChI is InChI=1S/C14H14O4/c15-7-10-2-1-3-12(14(10)18)9-4-5-13(17)11(6-9)8-16/h1-6,15-18H,7-8H2. The fourth-order valence-corrected chi connectivity index (χ4v) is 1.83. The van der Waals surface area contributed by atoms with Crippen LogP contribution in [0.25, 0.3) is 11.1 Å². The summed E-state index contributed by atoms with van der Waals surface area (Å²) in [5, 5.41) is 37.7. The summed E-state index contributed by atoms with van der Waals surface area (Å²) in [5.41, 5.74) is 2.05. The van der Waals surface area contributed by atoms with Crippen LogP contribution in [-0.4, -0.2) is 20.4 Å². The number of aliphatic hydroxyl groups excluding tert-OH is 2. The molecule has 94 valence electrons. The van der Waals surface area contributed by atoms with Crippen LogP contribution in [0.5, 0.6) is 11.5 Å². The van der Waals surface area contributed by atoms with Crippen LogP contribution in [0.2, 0.25) is 0 Å². The Balaban J connectivity index is 2.55. The first-order valence-corrected chi connectivity index (χ1v) is 5.52. The van der Waals surface area contributed by atoms with Gasteiger partial charge in [0.25, 0.3) is 0 Å². The third kappa shape index (κ3) is 2.16. The van der Waals surface area contributed by atoms with Crippen molar-refractivity contribution in [1.29, 1.82) is 0 Å². The van der Waals surface area contributed by atoms with E-state index in [9.17, 15) is 10.2 Å². The number of benzene rings is 2. The Kier molecular flexibility index (Phi) is 3.50. The summed E-state index contributed by atoms with van der Waals surface area (Å²) in [6, 6.07) is 9.78. The van der Waals surface area contributed by atoms with Crippen molar-refractivity contribution in [2.45, 2.75) is 13.2 Å². The first-order valence-electron chi connectivity index (χ1n) is 5.52. The van der Waals surface area contributed by atoms with E-state index >= 15 is 0 Å². The molecule has 2 aromatic rings. The van der Waals surface area contributed by atoms with Crippen molar-refractivity contribution in [1.82, 2.24) is 0 Å². The second-order valence-electron chi connectivity index (χ2n) is 3.97. The third-order valence-corrected chi connectivity index (χ3v) is 2.85. The Labute approximate surface area is 104 Å². The van der Waals surface area contributed by atoms with Gasteiger partial charge in [0.1, 0.15) is 11.5 Å². The molecule has 0 radical (unpaired) electrons. The topological polar surface area (TPSA) is 80.9 Å². The van der Waals surface area contributed by atoms with Crippen LogP contribution >= 0.6 is 0 Å². The summed E-state index contributed by atoms with van der Waals surface area (Å²) in [6.45, 7) is -0.523. The minimum absolute atomic E-state index is 0.00887. The van der Waals surface area contributed by atoms with Crippen molar-refractivity contribution in [2.75, 3.05) is 0 Å². The van der Waals surface area contributed by atoms with Crippen molar-refractivity contribution in [3.8, 4) is 22.6 Å². The lowest BCUT2D eigenvalue weighted by atomic mass is 9.99. The molecule has 0 saturated carbocycles. The van der Waals surface area contributed by atoms with Crippen LogP contribution in [0.4, 0.5) is 0 Å². The van der Waals surface area contributed by atoms with Gasteiger partial charge < -0.3 is 20.4 Å². The SMILES string of the molecule is OCc1cc(-c2cccc(CO)c2O)ccc1O. The summed E-state index contributed by atoms with van der Waals surface area (Å²) in [7, 11) is 0. The van der Waals surface area contributed by atoms with Gasteiger partial charge >= 0.3 is 0 Å². The highest BCUT2D eigenvalue weighted by Crippen LogP contribution is 2.34. The number of aliphatic hydroxyl groups is 2. The van der Waals surface area contributed by atoms with Gasteiger partial charge in [-0.05, 0) is 17.7 Å². The molecule has 0 atom stereocenters. The number of aromatic hydroxyl groups is 2. The molecular formula is C14H14O4. The van der Waals surface area contributed by atoms with Crippen LogP contribution in [-0.2, 0) is 13.2 Å². The molecule has 0 heterocycles. The van der Waals surface area contributed by atoms with Gasteiger partial charge in [0.05, 0.1) is 13.2 Å². The minimum Gasteiger partial charge on any atom is -0.508 e. The van der Waals surface area contributed by atoms with Crippen molar-refractivity contribution in [3.05, 3.63) is 47.5 Å². The van der Waals surface area contributed by atoms with Crippen molar-refractivity contribution in [3.63, 3.8) is 0 Å². The van der Waals surface area contributed by atoms with Crippen molar-refractivity contribution >= 4 is 0 Å². The fraction of sp³-hybridized carbons (Fsp3) is 0.143. The fourth-order valence-electron chi connectivity index (χ4n) is 1.83. The number of hydrogen-bond donors (Lipinski definition) is 4. The summed E-state index contributed by atoms with van der Waals surface area (Å²) in [4.78, 5) is 0. The van der Waals surface area contributed by atoms with E-state index in [-0.39, 0.29) is 24.7 Å². The molecule has 0 aromatic heterocycles. The van der Waals surface area contributed by atoms with Gasteiger partial charge in [0.15, 0.2) is 0 Å². The van der Waals surface area contributed by atoms with E-state index in [0.717, 1.165) is 0 Å².